The summed E-state index contributed by atoms with van der Waals surface area (Å²) in [7, 11) is 0. The molecule has 1 aromatic rings. The Morgan fingerprint density at radius 1 is 1.50 bits per heavy atom. The van der Waals surface area contributed by atoms with Gasteiger partial charge in [-0.2, -0.15) is 0 Å². The highest BCUT2D eigenvalue weighted by Crippen LogP contribution is 2.13. The number of hydrogen-bond acceptors (Lipinski definition) is 1. The second kappa shape index (κ2) is 4.29. The summed E-state index contributed by atoms with van der Waals surface area (Å²) in [5.41, 5.74) is 1.35. The van der Waals surface area contributed by atoms with Crippen molar-refractivity contribution in [3.8, 4) is 0 Å². The third-order valence-electron chi connectivity index (χ3n) is 2.09. The molecule has 0 radical (unpaired) electrons. The van der Waals surface area contributed by atoms with Crippen molar-refractivity contribution in [1.82, 2.24) is 9.55 Å². The van der Waals surface area contributed by atoms with Gasteiger partial charge in [0.25, 0.3) is 0 Å². The van der Waals surface area contributed by atoms with Crippen molar-refractivity contribution in [1.29, 1.82) is 0 Å². The van der Waals surface area contributed by atoms with Crippen molar-refractivity contribution >= 4 is 0 Å². The summed E-state index contributed by atoms with van der Waals surface area (Å²) in [6.45, 7) is 7.74. The largest absolute Gasteiger partial charge is 0.334 e. The number of hydrogen-bond donors (Lipinski definition) is 0. The minimum atomic E-state index is 0.587. The molecule has 68 valence electrons. The van der Waals surface area contributed by atoms with Crippen LogP contribution in [-0.2, 0) is 6.54 Å². The van der Waals surface area contributed by atoms with Crippen LogP contribution in [0.4, 0.5) is 0 Å². The molecule has 0 aliphatic rings. The molecule has 0 bridgehead atoms. The first kappa shape index (κ1) is 9.30. The van der Waals surface area contributed by atoms with Gasteiger partial charge >= 0.3 is 0 Å². The van der Waals surface area contributed by atoms with Gasteiger partial charge < -0.3 is 4.57 Å². The number of imidazole rings is 1. The fourth-order valence-corrected chi connectivity index (χ4v) is 1.33. The van der Waals surface area contributed by atoms with Gasteiger partial charge in [0.1, 0.15) is 0 Å². The summed E-state index contributed by atoms with van der Waals surface area (Å²) >= 11 is 0. The lowest BCUT2D eigenvalue weighted by Crippen LogP contribution is -2.02. The SMILES string of the molecule is CCCCn1cncc1C(C)C. The molecular formula is C10H18N2. The fraction of sp³-hybridized carbons (Fsp3) is 0.700. The van der Waals surface area contributed by atoms with E-state index in [-0.39, 0.29) is 0 Å². The van der Waals surface area contributed by atoms with Crippen molar-refractivity contribution in [2.24, 2.45) is 0 Å². The second-order valence-corrected chi connectivity index (χ2v) is 3.52. The van der Waals surface area contributed by atoms with Crippen molar-refractivity contribution in [2.75, 3.05) is 0 Å². The van der Waals surface area contributed by atoms with Crippen LogP contribution in [0.2, 0.25) is 0 Å². The summed E-state index contributed by atoms with van der Waals surface area (Å²) in [6, 6.07) is 0. The first-order chi connectivity index (χ1) is 5.75. The van der Waals surface area contributed by atoms with Gasteiger partial charge in [-0.25, -0.2) is 4.98 Å². The molecule has 0 atom stereocenters. The van der Waals surface area contributed by atoms with Crippen LogP contribution in [-0.4, -0.2) is 9.55 Å². The number of nitrogens with zero attached hydrogens (tertiary/aromatic N) is 2. The van der Waals surface area contributed by atoms with Crippen molar-refractivity contribution < 1.29 is 0 Å². The van der Waals surface area contributed by atoms with E-state index >= 15 is 0 Å². The fourth-order valence-electron chi connectivity index (χ4n) is 1.33. The molecule has 2 heteroatoms. The highest BCUT2D eigenvalue weighted by atomic mass is 15.0. The molecule has 0 N–H and O–H groups in total. The van der Waals surface area contributed by atoms with Crippen LogP contribution in [0.1, 0.15) is 45.2 Å². The van der Waals surface area contributed by atoms with Crippen LogP contribution in [0.15, 0.2) is 12.5 Å². The summed E-state index contributed by atoms with van der Waals surface area (Å²) in [5, 5.41) is 0. The quantitative estimate of drug-likeness (QED) is 0.672. The van der Waals surface area contributed by atoms with Gasteiger partial charge in [0.05, 0.1) is 6.33 Å². The van der Waals surface area contributed by atoms with Crippen LogP contribution in [0, 0.1) is 0 Å². The molecule has 0 saturated carbocycles. The molecule has 0 spiro atoms. The van der Waals surface area contributed by atoms with E-state index in [9.17, 15) is 0 Å². The molecule has 0 fully saturated rings. The van der Waals surface area contributed by atoms with E-state index in [4.69, 9.17) is 0 Å². The van der Waals surface area contributed by atoms with Crippen LogP contribution in [0.25, 0.3) is 0 Å². The molecule has 1 rings (SSSR count). The Morgan fingerprint density at radius 3 is 2.83 bits per heavy atom. The van der Waals surface area contributed by atoms with E-state index in [2.05, 4.69) is 30.3 Å². The number of rotatable bonds is 4. The average Bonchev–Trinajstić information content (AvgIpc) is 2.48. The Balaban J connectivity index is 2.64. The Hall–Kier alpha value is -0.790. The predicted octanol–water partition coefficient (Wildman–Crippen LogP) is 2.81. The smallest absolute Gasteiger partial charge is 0.0948 e. The molecular weight excluding hydrogens is 148 g/mol. The van der Waals surface area contributed by atoms with Crippen molar-refractivity contribution in [3.05, 3.63) is 18.2 Å². The molecule has 0 aromatic carbocycles. The molecule has 2 nitrogen and oxygen atoms in total. The van der Waals surface area contributed by atoms with Crippen molar-refractivity contribution in [2.45, 2.75) is 46.1 Å². The second-order valence-electron chi connectivity index (χ2n) is 3.52. The Bertz CT molecular complexity index is 225. The van der Waals surface area contributed by atoms with Gasteiger partial charge in [-0.1, -0.05) is 27.2 Å². The molecule has 0 aliphatic carbocycles. The molecule has 12 heavy (non-hydrogen) atoms. The lowest BCUT2D eigenvalue weighted by Gasteiger charge is -2.09. The lowest BCUT2D eigenvalue weighted by atomic mass is 10.1. The molecule has 1 aromatic heterocycles. The highest BCUT2D eigenvalue weighted by Gasteiger charge is 2.04. The maximum Gasteiger partial charge on any atom is 0.0948 e. The summed E-state index contributed by atoms with van der Waals surface area (Å²) in [5.74, 6) is 0.587. The number of aromatic nitrogens is 2. The predicted molar refractivity (Wildman–Crippen MR) is 51.2 cm³/mol. The molecule has 0 amide bonds. The van der Waals surface area contributed by atoms with E-state index < -0.39 is 0 Å². The van der Waals surface area contributed by atoms with Gasteiger partial charge in [-0.15, -0.1) is 0 Å². The van der Waals surface area contributed by atoms with Gasteiger partial charge in [-0.05, 0) is 12.3 Å². The topological polar surface area (TPSA) is 17.8 Å². The zero-order chi connectivity index (χ0) is 8.97. The van der Waals surface area contributed by atoms with E-state index in [0.717, 1.165) is 6.54 Å². The molecule has 0 aliphatic heterocycles. The van der Waals surface area contributed by atoms with E-state index in [1.165, 1.54) is 18.5 Å². The normalized spacial score (nSPS) is 11.0. The Labute approximate surface area is 74.6 Å². The molecule has 1 heterocycles. The lowest BCUT2D eigenvalue weighted by molar-refractivity contribution is 0.592. The van der Waals surface area contributed by atoms with Crippen LogP contribution >= 0.6 is 0 Å². The molecule has 0 unspecified atom stereocenters. The van der Waals surface area contributed by atoms with Gasteiger partial charge in [0, 0.05) is 18.4 Å². The van der Waals surface area contributed by atoms with Crippen molar-refractivity contribution in [3.63, 3.8) is 0 Å². The van der Waals surface area contributed by atoms with Crippen LogP contribution < -0.4 is 0 Å². The van der Waals surface area contributed by atoms with Crippen LogP contribution in [0.3, 0.4) is 0 Å². The minimum absolute atomic E-state index is 0.587. The van der Waals surface area contributed by atoms with Crippen LogP contribution in [0.5, 0.6) is 0 Å². The maximum atomic E-state index is 4.16. The Morgan fingerprint density at radius 2 is 2.25 bits per heavy atom. The van der Waals surface area contributed by atoms with Gasteiger partial charge in [0.15, 0.2) is 0 Å². The summed E-state index contributed by atoms with van der Waals surface area (Å²) in [6.07, 6.45) is 6.40. The first-order valence-corrected chi connectivity index (χ1v) is 4.75. The minimum Gasteiger partial charge on any atom is -0.334 e. The third-order valence-corrected chi connectivity index (χ3v) is 2.09. The average molecular weight is 166 g/mol. The third kappa shape index (κ3) is 2.10. The molecule has 0 saturated heterocycles. The maximum absolute atomic E-state index is 4.16. The monoisotopic (exact) mass is 166 g/mol. The highest BCUT2D eigenvalue weighted by molar-refractivity contribution is 5.03. The zero-order valence-corrected chi connectivity index (χ0v) is 8.25. The van der Waals surface area contributed by atoms with E-state index in [1.807, 2.05) is 12.5 Å². The van der Waals surface area contributed by atoms with Gasteiger partial charge in [0.2, 0.25) is 0 Å². The van der Waals surface area contributed by atoms with Gasteiger partial charge in [-0.3, -0.25) is 0 Å². The first-order valence-electron chi connectivity index (χ1n) is 4.75. The van der Waals surface area contributed by atoms with E-state index in [1.54, 1.807) is 0 Å². The summed E-state index contributed by atoms with van der Waals surface area (Å²) < 4.78 is 2.26. The standard InChI is InChI=1S/C10H18N2/c1-4-5-6-12-8-11-7-10(12)9(2)3/h7-9H,4-6H2,1-3H3. The Kier molecular flexibility index (Phi) is 3.32. The number of unbranched alkanes of at least 4 members (excludes halogenated alkanes) is 1. The van der Waals surface area contributed by atoms with E-state index in [0.29, 0.717) is 5.92 Å². The number of aryl methyl sites for hydroxylation is 1. The zero-order valence-electron chi connectivity index (χ0n) is 8.25. The summed E-state index contributed by atoms with van der Waals surface area (Å²) in [4.78, 5) is 4.16.